The molecule has 4 N–H and O–H groups in total. The normalized spacial score (nSPS) is 36.8. The first-order valence-corrected chi connectivity index (χ1v) is 11.9. The topological polar surface area (TPSA) is 129 Å². The van der Waals surface area contributed by atoms with Gasteiger partial charge in [0.1, 0.15) is 11.9 Å². The number of nitrogens with zero attached hydrogens (tertiary/aromatic N) is 4. The monoisotopic (exact) mass is 456 g/mol. The Morgan fingerprint density at radius 2 is 1.94 bits per heavy atom. The smallest absolute Gasteiger partial charge is 0.230 e. The van der Waals surface area contributed by atoms with Crippen molar-refractivity contribution in [2.75, 3.05) is 30.5 Å². The van der Waals surface area contributed by atoms with Crippen molar-refractivity contribution in [3.8, 4) is 5.88 Å². The SMILES string of the molecule is Cc1cc(Nc2cc(O[C@@H]3COC[C@H]3O)nc(N(C)C3C4CC5CC3CC(O)(C5)C4)n2)n[nH]1. The number of ether oxygens (including phenoxy) is 2. The molecule has 33 heavy (non-hydrogen) atoms. The highest BCUT2D eigenvalue weighted by atomic mass is 16.6. The van der Waals surface area contributed by atoms with Crippen LogP contribution in [0.2, 0.25) is 0 Å². The molecule has 4 saturated carbocycles. The molecule has 7 rings (SSSR count). The maximum absolute atomic E-state index is 11.0. The summed E-state index contributed by atoms with van der Waals surface area (Å²) in [6.07, 6.45) is 3.84. The van der Waals surface area contributed by atoms with Crippen LogP contribution in [0.15, 0.2) is 12.1 Å². The van der Waals surface area contributed by atoms with Gasteiger partial charge in [0.15, 0.2) is 11.9 Å². The Morgan fingerprint density at radius 3 is 2.58 bits per heavy atom. The molecule has 0 radical (unpaired) electrons. The Labute approximate surface area is 192 Å². The molecule has 4 atom stereocenters. The van der Waals surface area contributed by atoms with E-state index in [0.717, 1.165) is 37.8 Å². The summed E-state index contributed by atoms with van der Waals surface area (Å²) in [5, 5.41) is 31.5. The second-order valence-electron chi connectivity index (χ2n) is 10.5. The van der Waals surface area contributed by atoms with Gasteiger partial charge in [-0.25, -0.2) is 0 Å². The van der Waals surface area contributed by atoms with Crippen molar-refractivity contribution >= 4 is 17.6 Å². The lowest BCUT2D eigenvalue weighted by Gasteiger charge is -2.59. The minimum absolute atomic E-state index is 0.260. The van der Waals surface area contributed by atoms with E-state index in [-0.39, 0.29) is 12.6 Å². The van der Waals surface area contributed by atoms with Crippen molar-refractivity contribution in [3.05, 3.63) is 17.8 Å². The van der Waals surface area contributed by atoms with Gasteiger partial charge in [-0.15, -0.1) is 0 Å². The average molecular weight is 457 g/mol. The van der Waals surface area contributed by atoms with E-state index in [0.29, 0.717) is 47.8 Å². The van der Waals surface area contributed by atoms with Crippen LogP contribution in [0.3, 0.4) is 0 Å². The molecular formula is C23H32N6O4. The number of aryl methyl sites for hydroxylation is 1. The lowest BCUT2D eigenvalue weighted by molar-refractivity contribution is -0.133. The van der Waals surface area contributed by atoms with Gasteiger partial charge in [-0.2, -0.15) is 15.1 Å². The number of aromatic amines is 1. The van der Waals surface area contributed by atoms with Gasteiger partial charge < -0.3 is 29.9 Å². The molecular weight excluding hydrogens is 424 g/mol. The highest BCUT2D eigenvalue weighted by molar-refractivity contribution is 5.55. The van der Waals surface area contributed by atoms with E-state index in [2.05, 4.69) is 20.4 Å². The number of aliphatic hydroxyl groups excluding tert-OH is 1. The Hall–Kier alpha value is -2.43. The molecule has 4 bridgehead atoms. The highest BCUT2D eigenvalue weighted by Crippen LogP contribution is 2.57. The molecule has 1 saturated heterocycles. The molecule has 2 aromatic rings. The number of aliphatic hydroxyl groups is 2. The molecule has 178 valence electrons. The van der Waals surface area contributed by atoms with Crippen molar-refractivity contribution < 1.29 is 19.7 Å². The fourth-order valence-electron chi connectivity index (χ4n) is 6.82. The molecule has 5 fully saturated rings. The first-order chi connectivity index (χ1) is 15.8. The third-order valence-electron chi connectivity index (χ3n) is 7.88. The maximum atomic E-state index is 11.0. The van der Waals surface area contributed by atoms with Crippen LogP contribution in [0, 0.1) is 24.7 Å². The van der Waals surface area contributed by atoms with E-state index in [1.165, 1.54) is 0 Å². The minimum Gasteiger partial charge on any atom is -0.469 e. The summed E-state index contributed by atoms with van der Waals surface area (Å²) >= 11 is 0. The number of anilines is 3. The molecule has 2 aromatic heterocycles. The van der Waals surface area contributed by atoms with E-state index in [9.17, 15) is 10.2 Å². The number of aromatic nitrogens is 4. The lowest BCUT2D eigenvalue weighted by Crippen LogP contribution is -2.61. The summed E-state index contributed by atoms with van der Waals surface area (Å²) < 4.78 is 11.4. The molecule has 4 aliphatic carbocycles. The average Bonchev–Trinajstić information content (AvgIpc) is 3.34. The van der Waals surface area contributed by atoms with Crippen molar-refractivity contribution in [1.82, 2.24) is 20.2 Å². The minimum atomic E-state index is -0.684. The van der Waals surface area contributed by atoms with Crippen LogP contribution in [0.25, 0.3) is 0 Å². The molecule has 3 heterocycles. The third-order valence-corrected chi connectivity index (χ3v) is 7.88. The Kier molecular flexibility index (Phi) is 5.00. The molecule has 5 aliphatic rings. The first kappa shape index (κ1) is 21.1. The van der Waals surface area contributed by atoms with Gasteiger partial charge >= 0.3 is 0 Å². The third kappa shape index (κ3) is 3.94. The van der Waals surface area contributed by atoms with Gasteiger partial charge in [0.2, 0.25) is 11.8 Å². The molecule has 1 aliphatic heterocycles. The number of nitrogens with one attached hydrogen (secondary N) is 2. The molecule has 2 unspecified atom stereocenters. The molecule has 0 amide bonds. The summed E-state index contributed by atoms with van der Waals surface area (Å²) in [5.41, 5.74) is 0.459. The van der Waals surface area contributed by atoms with Gasteiger partial charge in [-0.1, -0.05) is 0 Å². The van der Waals surface area contributed by atoms with Crippen LogP contribution in [-0.4, -0.2) is 74.5 Å². The van der Waals surface area contributed by atoms with Crippen LogP contribution in [0.4, 0.5) is 17.6 Å². The summed E-state index contributed by atoms with van der Waals surface area (Å²) in [6.45, 7) is 2.52. The van der Waals surface area contributed by atoms with Crippen molar-refractivity contribution in [2.45, 2.75) is 62.9 Å². The molecule has 10 nitrogen and oxygen atoms in total. The molecule has 10 heteroatoms. The molecule has 0 spiro atoms. The second-order valence-corrected chi connectivity index (χ2v) is 10.5. The summed E-state index contributed by atoms with van der Waals surface area (Å²) in [5.74, 6) is 3.70. The first-order valence-electron chi connectivity index (χ1n) is 11.9. The number of hydrogen-bond acceptors (Lipinski definition) is 9. The fourth-order valence-corrected chi connectivity index (χ4v) is 6.82. The predicted molar refractivity (Wildman–Crippen MR) is 121 cm³/mol. The van der Waals surface area contributed by atoms with Crippen LogP contribution in [0.5, 0.6) is 5.88 Å². The van der Waals surface area contributed by atoms with Gasteiger partial charge in [0, 0.05) is 30.9 Å². The maximum Gasteiger partial charge on any atom is 0.230 e. The van der Waals surface area contributed by atoms with Gasteiger partial charge in [-0.3, -0.25) is 5.10 Å². The summed E-state index contributed by atoms with van der Waals surface area (Å²) in [4.78, 5) is 11.7. The van der Waals surface area contributed by atoms with Gasteiger partial charge in [0.25, 0.3) is 0 Å². The van der Waals surface area contributed by atoms with Crippen LogP contribution in [-0.2, 0) is 4.74 Å². The number of H-pyrrole nitrogens is 1. The number of rotatable bonds is 6. The highest BCUT2D eigenvalue weighted by Gasteiger charge is 2.56. The largest absolute Gasteiger partial charge is 0.469 e. The Bertz CT molecular complexity index is 1010. The second kappa shape index (κ2) is 7.82. The Morgan fingerprint density at radius 1 is 1.15 bits per heavy atom. The standard InChI is InChI=1S/C23H32N6O4/c1-12-3-19(28-27-12)24-18-6-20(33-17-11-32-10-16(17)30)26-22(25-18)29(2)21-14-4-13-5-15(21)9-23(31,7-13)8-14/h3,6,13-17,21,30-31H,4-5,7-11H2,1-2H3,(H2,24,25,26,27,28)/t13?,14?,15?,16-,17-,21?,23?/m1/s1. The molecule has 0 aromatic carbocycles. The zero-order valence-corrected chi connectivity index (χ0v) is 19.1. The van der Waals surface area contributed by atoms with Gasteiger partial charge in [0.05, 0.1) is 18.8 Å². The summed E-state index contributed by atoms with van der Waals surface area (Å²) in [6, 6.07) is 3.92. The zero-order chi connectivity index (χ0) is 22.7. The summed E-state index contributed by atoms with van der Waals surface area (Å²) in [7, 11) is 2.05. The predicted octanol–water partition coefficient (Wildman–Crippen LogP) is 1.77. The van der Waals surface area contributed by atoms with Crippen molar-refractivity contribution in [3.63, 3.8) is 0 Å². The van der Waals surface area contributed by atoms with E-state index in [4.69, 9.17) is 19.4 Å². The van der Waals surface area contributed by atoms with Gasteiger partial charge in [-0.05, 0) is 56.8 Å². The fraction of sp³-hybridized carbons (Fsp3) is 0.696. The van der Waals surface area contributed by atoms with E-state index in [1.54, 1.807) is 6.07 Å². The van der Waals surface area contributed by atoms with E-state index < -0.39 is 17.8 Å². The number of hydrogen-bond donors (Lipinski definition) is 4. The zero-order valence-electron chi connectivity index (χ0n) is 19.1. The Balaban J connectivity index is 1.30. The van der Waals surface area contributed by atoms with Crippen molar-refractivity contribution in [2.24, 2.45) is 17.8 Å². The van der Waals surface area contributed by atoms with Crippen LogP contribution >= 0.6 is 0 Å². The van der Waals surface area contributed by atoms with Crippen LogP contribution < -0.4 is 15.0 Å². The quantitative estimate of drug-likeness (QED) is 0.514. The van der Waals surface area contributed by atoms with E-state index in [1.807, 2.05) is 20.0 Å². The lowest BCUT2D eigenvalue weighted by atomic mass is 9.52. The van der Waals surface area contributed by atoms with E-state index >= 15 is 0 Å². The van der Waals surface area contributed by atoms with Crippen molar-refractivity contribution in [1.29, 1.82) is 0 Å². The van der Waals surface area contributed by atoms with Crippen LogP contribution in [0.1, 0.15) is 37.8 Å².